The summed E-state index contributed by atoms with van der Waals surface area (Å²) in [6.45, 7) is 3.14. The Hall–Kier alpha value is -1.63. The second-order valence-electron chi connectivity index (χ2n) is 3.36. The molecule has 0 amide bonds. The van der Waals surface area contributed by atoms with E-state index in [-0.39, 0.29) is 6.54 Å². The highest BCUT2D eigenvalue weighted by Crippen LogP contribution is 2.21. The van der Waals surface area contributed by atoms with E-state index in [0.29, 0.717) is 16.6 Å². The van der Waals surface area contributed by atoms with Crippen LogP contribution in [-0.2, 0) is 13.1 Å². The van der Waals surface area contributed by atoms with Gasteiger partial charge < -0.3 is 5.73 Å². The van der Waals surface area contributed by atoms with Crippen molar-refractivity contribution in [2.75, 3.05) is 0 Å². The summed E-state index contributed by atoms with van der Waals surface area (Å²) in [6, 6.07) is 1.63. The molecule has 18 heavy (non-hydrogen) atoms. The number of hydrogen-bond acceptors (Lipinski definition) is 3. The third-order valence-electron chi connectivity index (χ3n) is 2.12. The lowest BCUT2D eigenvalue weighted by molar-refractivity contribution is -0.141. The average Bonchev–Trinajstić information content (AvgIpc) is 2.72. The van der Waals surface area contributed by atoms with Gasteiger partial charge in [0.05, 0.1) is 23.6 Å². The molecule has 0 saturated heterocycles. The third-order valence-corrected chi connectivity index (χ3v) is 2.12. The second-order valence-corrected chi connectivity index (χ2v) is 3.36. The van der Waals surface area contributed by atoms with Gasteiger partial charge >= 0.3 is 6.18 Å². The van der Waals surface area contributed by atoms with E-state index < -0.39 is 12.7 Å². The quantitative estimate of drug-likeness (QED) is 0.902. The minimum absolute atomic E-state index is 0.250. The Morgan fingerprint density at radius 3 is 2.50 bits per heavy atom. The van der Waals surface area contributed by atoms with E-state index in [1.54, 1.807) is 6.07 Å². The second kappa shape index (κ2) is 5.81. The van der Waals surface area contributed by atoms with Gasteiger partial charge in [-0.15, -0.1) is 0 Å². The molecule has 0 fully saturated rings. The highest BCUT2D eigenvalue weighted by molar-refractivity contribution is 5.77. The maximum atomic E-state index is 12.2. The molecule has 0 aromatic carbocycles. The Morgan fingerprint density at radius 2 is 1.94 bits per heavy atom. The summed E-state index contributed by atoms with van der Waals surface area (Å²) in [5.74, 6) is 0. The van der Waals surface area contributed by atoms with Gasteiger partial charge in [-0.2, -0.15) is 18.3 Å². The summed E-state index contributed by atoms with van der Waals surface area (Å²) >= 11 is 0. The van der Waals surface area contributed by atoms with Crippen molar-refractivity contribution in [1.82, 2.24) is 14.8 Å². The predicted octanol–water partition coefficient (Wildman–Crippen LogP) is 2.48. The number of aromatic nitrogens is 3. The summed E-state index contributed by atoms with van der Waals surface area (Å²) in [6.07, 6.45) is -1.55. The van der Waals surface area contributed by atoms with Gasteiger partial charge in [0.25, 0.3) is 0 Å². The molecule has 0 aliphatic heterocycles. The molecule has 0 aliphatic rings. The number of alkyl halides is 3. The van der Waals surface area contributed by atoms with Crippen LogP contribution in [0.1, 0.15) is 19.5 Å². The summed E-state index contributed by atoms with van der Waals surface area (Å²) in [4.78, 5) is 3.94. The fraction of sp³-hybridized carbons (Fsp3) is 0.455. The Kier molecular flexibility index (Phi) is 4.66. The molecule has 0 spiro atoms. The van der Waals surface area contributed by atoms with Gasteiger partial charge in [-0.3, -0.25) is 9.67 Å². The van der Waals surface area contributed by atoms with Crippen LogP contribution in [0.2, 0.25) is 0 Å². The molecule has 0 aliphatic carbocycles. The molecule has 0 atom stereocenters. The van der Waals surface area contributed by atoms with Gasteiger partial charge in [0.1, 0.15) is 6.54 Å². The molecule has 0 unspecified atom stereocenters. The third kappa shape index (κ3) is 3.43. The van der Waals surface area contributed by atoms with Crippen LogP contribution in [0, 0.1) is 0 Å². The van der Waals surface area contributed by atoms with Gasteiger partial charge in [-0.25, -0.2) is 0 Å². The van der Waals surface area contributed by atoms with Crippen molar-refractivity contribution in [1.29, 1.82) is 0 Å². The van der Waals surface area contributed by atoms with Crippen LogP contribution in [0.15, 0.2) is 18.5 Å². The highest BCUT2D eigenvalue weighted by atomic mass is 19.4. The molecular formula is C11H15F3N4. The van der Waals surface area contributed by atoms with E-state index in [1.807, 2.05) is 13.8 Å². The lowest BCUT2D eigenvalue weighted by atomic mass is 10.3. The fourth-order valence-corrected chi connectivity index (χ4v) is 1.43. The van der Waals surface area contributed by atoms with Crippen LogP contribution < -0.4 is 5.73 Å². The Bertz CT molecular complexity index is 504. The number of nitrogens with zero attached hydrogens (tertiary/aromatic N) is 3. The molecule has 2 rings (SSSR count). The van der Waals surface area contributed by atoms with Crippen LogP contribution in [0.3, 0.4) is 0 Å². The number of nitrogens with two attached hydrogens (primary N) is 1. The molecule has 2 N–H and O–H groups in total. The van der Waals surface area contributed by atoms with E-state index in [2.05, 4.69) is 10.1 Å². The Labute approximate surface area is 103 Å². The molecule has 0 radical (unpaired) electrons. The molecular weight excluding hydrogens is 245 g/mol. The number of fused-ring (bicyclic) bond motifs is 1. The molecule has 2 aromatic heterocycles. The van der Waals surface area contributed by atoms with Crippen molar-refractivity contribution < 1.29 is 13.2 Å². The number of hydrogen-bond donors (Lipinski definition) is 1. The predicted molar refractivity (Wildman–Crippen MR) is 62.8 cm³/mol. The summed E-state index contributed by atoms with van der Waals surface area (Å²) < 4.78 is 37.5. The van der Waals surface area contributed by atoms with Crippen LogP contribution in [-0.4, -0.2) is 20.9 Å². The highest BCUT2D eigenvalue weighted by Gasteiger charge is 2.29. The average molecular weight is 260 g/mol. The normalized spacial score (nSPS) is 11.2. The van der Waals surface area contributed by atoms with Crippen LogP contribution >= 0.6 is 0 Å². The summed E-state index contributed by atoms with van der Waals surface area (Å²) in [7, 11) is 0. The summed E-state index contributed by atoms with van der Waals surface area (Å²) in [5.41, 5.74) is 6.36. The SMILES string of the molecule is CC.NCc1cc2cnn(CC(F)(F)F)c2cn1. The lowest BCUT2D eigenvalue weighted by Gasteiger charge is -2.07. The number of rotatable bonds is 2. The first-order chi connectivity index (χ1) is 8.49. The minimum atomic E-state index is -4.29. The van der Waals surface area contributed by atoms with Crippen molar-refractivity contribution in [2.45, 2.75) is 33.1 Å². The first-order valence-electron chi connectivity index (χ1n) is 5.57. The van der Waals surface area contributed by atoms with Gasteiger partial charge in [0, 0.05) is 11.9 Å². The minimum Gasteiger partial charge on any atom is -0.325 e. The smallest absolute Gasteiger partial charge is 0.325 e. The van der Waals surface area contributed by atoms with Gasteiger partial charge in [0.2, 0.25) is 0 Å². The molecule has 100 valence electrons. The molecule has 2 aromatic rings. The first-order valence-corrected chi connectivity index (χ1v) is 5.57. The number of pyridine rings is 1. The van der Waals surface area contributed by atoms with Gasteiger partial charge in [0.15, 0.2) is 0 Å². The van der Waals surface area contributed by atoms with Crippen LogP contribution in [0.5, 0.6) is 0 Å². The number of halogens is 3. The standard InChI is InChI=1S/C9H9F3N4.C2H6/c10-9(11,12)5-16-8-4-14-7(2-13)1-6(8)3-15-16;1-2/h1,3-4H,2,5,13H2;1-2H3. The largest absolute Gasteiger partial charge is 0.408 e. The molecule has 4 nitrogen and oxygen atoms in total. The van der Waals surface area contributed by atoms with Crippen molar-refractivity contribution in [3.8, 4) is 0 Å². The van der Waals surface area contributed by atoms with Crippen molar-refractivity contribution in [3.05, 3.63) is 24.2 Å². The molecule has 0 bridgehead atoms. The van der Waals surface area contributed by atoms with E-state index in [0.717, 1.165) is 4.68 Å². The van der Waals surface area contributed by atoms with E-state index in [4.69, 9.17) is 5.73 Å². The van der Waals surface area contributed by atoms with Crippen molar-refractivity contribution >= 4 is 10.9 Å². The molecule has 2 heterocycles. The van der Waals surface area contributed by atoms with Crippen molar-refractivity contribution in [2.24, 2.45) is 5.73 Å². The topological polar surface area (TPSA) is 56.7 Å². The molecule has 7 heteroatoms. The Morgan fingerprint density at radius 1 is 1.28 bits per heavy atom. The van der Waals surface area contributed by atoms with Gasteiger partial charge in [-0.1, -0.05) is 13.8 Å². The first kappa shape index (κ1) is 14.4. The Balaban J connectivity index is 0.000000771. The van der Waals surface area contributed by atoms with Crippen LogP contribution in [0.4, 0.5) is 13.2 Å². The van der Waals surface area contributed by atoms with Gasteiger partial charge in [-0.05, 0) is 6.07 Å². The zero-order valence-corrected chi connectivity index (χ0v) is 10.2. The maximum absolute atomic E-state index is 12.2. The fourth-order valence-electron chi connectivity index (χ4n) is 1.43. The zero-order valence-electron chi connectivity index (χ0n) is 10.2. The maximum Gasteiger partial charge on any atom is 0.408 e. The van der Waals surface area contributed by atoms with E-state index in [9.17, 15) is 13.2 Å². The lowest BCUT2D eigenvalue weighted by Crippen LogP contribution is -2.18. The van der Waals surface area contributed by atoms with Crippen molar-refractivity contribution in [3.63, 3.8) is 0 Å². The van der Waals surface area contributed by atoms with E-state index in [1.165, 1.54) is 12.4 Å². The molecule has 0 saturated carbocycles. The monoisotopic (exact) mass is 260 g/mol. The van der Waals surface area contributed by atoms with E-state index >= 15 is 0 Å². The summed E-state index contributed by atoms with van der Waals surface area (Å²) in [5, 5.41) is 4.28. The zero-order chi connectivity index (χ0) is 13.8. The van der Waals surface area contributed by atoms with Crippen LogP contribution in [0.25, 0.3) is 10.9 Å².